The summed E-state index contributed by atoms with van der Waals surface area (Å²) in [5.74, 6) is -0.128. The number of amides is 1. The summed E-state index contributed by atoms with van der Waals surface area (Å²) < 4.78 is 6.06. The maximum absolute atomic E-state index is 11.4. The van der Waals surface area contributed by atoms with E-state index in [0.29, 0.717) is 5.69 Å². The molecule has 0 atom stereocenters. The first-order valence-electron chi connectivity index (χ1n) is 5.09. The Labute approximate surface area is 98.0 Å². The summed E-state index contributed by atoms with van der Waals surface area (Å²) in [6, 6.07) is 7.09. The van der Waals surface area contributed by atoms with Crippen LogP contribution in [0.5, 0.6) is 0 Å². The van der Waals surface area contributed by atoms with Crippen LogP contribution in [0.25, 0.3) is 10.9 Å². The van der Waals surface area contributed by atoms with Crippen molar-refractivity contribution in [3.8, 4) is 0 Å². The summed E-state index contributed by atoms with van der Waals surface area (Å²) in [5, 5.41) is 3.55. The Morgan fingerprint density at radius 3 is 2.71 bits per heavy atom. The van der Waals surface area contributed by atoms with Gasteiger partial charge < -0.3 is 10.1 Å². The van der Waals surface area contributed by atoms with E-state index >= 15 is 0 Å². The zero-order valence-corrected chi connectivity index (χ0v) is 9.56. The average molecular weight is 232 g/mol. The van der Waals surface area contributed by atoms with Crippen molar-refractivity contribution in [1.82, 2.24) is 4.57 Å². The number of hydrogen-bond donors (Lipinski definition) is 1. The molecule has 1 amide bonds. The summed E-state index contributed by atoms with van der Waals surface area (Å²) >= 11 is 0. The molecule has 88 valence electrons. The zero-order chi connectivity index (χ0) is 12.4. The van der Waals surface area contributed by atoms with E-state index < -0.39 is 6.09 Å². The van der Waals surface area contributed by atoms with Crippen molar-refractivity contribution in [2.24, 2.45) is 0 Å². The van der Waals surface area contributed by atoms with Gasteiger partial charge in [-0.15, -0.1) is 0 Å². The standard InChI is InChI=1S/C12H12N2O3/c1-8(15)13-10-3-4-11-9(7-10)5-6-14(11)12(16)17-2/h3-7H,1-2H3,(H,13,15). The molecule has 0 bridgehead atoms. The van der Waals surface area contributed by atoms with Crippen molar-refractivity contribution in [3.05, 3.63) is 30.5 Å². The van der Waals surface area contributed by atoms with Crippen molar-refractivity contribution in [2.75, 3.05) is 12.4 Å². The Hall–Kier alpha value is -2.30. The van der Waals surface area contributed by atoms with Crippen LogP contribution in [0.15, 0.2) is 30.5 Å². The minimum atomic E-state index is -0.438. The number of aromatic nitrogens is 1. The quantitative estimate of drug-likeness (QED) is 0.820. The molecule has 17 heavy (non-hydrogen) atoms. The normalized spacial score (nSPS) is 10.2. The molecule has 0 radical (unpaired) electrons. The van der Waals surface area contributed by atoms with Gasteiger partial charge in [-0.3, -0.25) is 9.36 Å². The number of ether oxygens (including phenoxy) is 1. The lowest BCUT2D eigenvalue weighted by molar-refractivity contribution is -0.114. The van der Waals surface area contributed by atoms with Crippen LogP contribution in [0.1, 0.15) is 6.92 Å². The fourth-order valence-corrected chi connectivity index (χ4v) is 1.68. The van der Waals surface area contributed by atoms with Crippen LogP contribution in [0.2, 0.25) is 0 Å². The second-order valence-corrected chi connectivity index (χ2v) is 3.61. The Morgan fingerprint density at radius 2 is 2.06 bits per heavy atom. The lowest BCUT2D eigenvalue weighted by Crippen LogP contribution is -2.09. The Kier molecular flexibility index (Phi) is 2.82. The number of methoxy groups -OCH3 is 1. The van der Waals surface area contributed by atoms with E-state index in [0.717, 1.165) is 10.9 Å². The van der Waals surface area contributed by atoms with E-state index in [1.54, 1.807) is 30.5 Å². The first-order valence-corrected chi connectivity index (χ1v) is 5.09. The van der Waals surface area contributed by atoms with Gasteiger partial charge in [-0.05, 0) is 24.3 Å². The summed E-state index contributed by atoms with van der Waals surface area (Å²) in [6.45, 7) is 1.45. The van der Waals surface area contributed by atoms with E-state index in [1.807, 2.05) is 0 Å². The van der Waals surface area contributed by atoms with E-state index in [9.17, 15) is 9.59 Å². The zero-order valence-electron chi connectivity index (χ0n) is 9.56. The fraction of sp³-hybridized carbons (Fsp3) is 0.167. The molecule has 1 N–H and O–H groups in total. The molecule has 5 heteroatoms. The number of carbonyl (C=O) groups is 2. The van der Waals surface area contributed by atoms with E-state index in [2.05, 4.69) is 10.1 Å². The largest absolute Gasteiger partial charge is 0.452 e. The second kappa shape index (κ2) is 4.29. The minimum absolute atomic E-state index is 0.128. The number of carbonyl (C=O) groups excluding carboxylic acids is 2. The predicted molar refractivity (Wildman–Crippen MR) is 64.0 cm³/mol. The van der Waals surface area contributed by atoms with Gasteiger partial charge in [0.2, 0.25) is 5.91 Å². The van der Waals surface area contributed by atoms with Gasteiger partial charge in [0.15, 0.2) is 0 Å². The Balaban J connectivity index is 2.44. The van der Waals surface area contributed by atoms with Gasteiger partial charge in [-0.1, -0.05) is 0 Å². The SMILES string of the molecule is COC(=O)n1ccc2cc(NC(C)=O)ccc21. The van der Waals surface area contributed by atoms with Gasteiger partial charge in [-0.2, -0.15) is 0 Å². The number of hydrogen-bond acceptors (Lipinski definition) is 3. The fourth-order valence-electron chi connectivity index (χ4n) is 1.68. The maximum atomic E-state index is 11.4. The molecule has 0 spiro atoms. The maximum Gasteiger partial charge on any atom is 0.418 e. The third-order valence-corrected chi connectivity index (χ3v) is 2.38. The molecule has 1 aromatic carbocycles. The van der Waals surface area contributed by atoms with E-state index in [4.69, 9.17) is 0 Å². The highest BCUT2D eigenvalue weighted by Crippen LogP contribution is 2.20. The third kappa shape index (κ3) is 2.13. The van der Waals surface area contributed by atoms with Crippen molar-refractivity contribution < 1.29 is 14.3 Å². The van der Waals surface area contributed by atoms with Crippen molar-refractivity contribution in [2.45, 2.75) is 6.92 Å². The topological polar surface area (TPSA) is 60.3 Å². The van der Waals surface area contributed by atoms with Crippen LogP contribution in [0, 0.1) is 0 Å². The van der Waals surface area contributed by atoms with Crippen molar-refractivity contribution >= 4 is 28.6 Å². The van der Waals surface area contributed by atoms with Crippen molar-refractivity contribution in [3.63, 3.8) is 0 Å². The molecular weight excluding hydrogens is 220 g/mol. The third-order valence-electron chi connectivity index (χ3n) is 2.38. The van der Waals surface area contributed by atoms with Crippen molar-refractivity contribution in [1.29, 1.82) is 0 Å². The van der Waals surface area contributed by atoms with Gasteiger partial charge in [0.05, 0.1) is 12.6 Å². The first-order chi connectivity index (χ1) is 8.11. The van der Waals surface area contributed by atoms with Gasteiger partial charge in [0.25, 0.3) is 0 Å². The van der Waals surface area contributed by atoms with Gasteiger partial charge in [0.1, 0.15) is 0 Å². The lowest BCUT2D eigenvalue weighted by atomic mass is 10.2. The molecule has 0 unspecified atom stereocenters. The molecule has 2 rings (SSSR count). The van der Waals surface area contributed by atoms with Gasteiger partial charge in [0, 0.05) is 24.2 Å². The Morgan fingerprint density at radius 1 is 1.29 bits per heavy atom. The number of anilines is 1. The van der Waals surface area contributed by atoms with Crippen LogP contribution >= 0.6 is 0 Å². The summed E-state index contributed by atoms with van der Waals surface area (Å²) in [7, 11) is 1.33. The number of rotatable bonds is 1. The molecule has 1 aromatic heterocycles. The van der Waals surface area contributed by atoms with E-state index in [-0.39, 0.29) is 5.91 Å². The molecule has 5 nitrogen and oxygen atoms in total. The summed E-state index contributed by atoms with van der Waals surface area (Å²) in [6.07, 6.45) is 1.20. The summed E-state index contributed by atoms with van der Waals surface area (Å²) in [5.41, 5.74) is 1.44. The molecule has 0 aliphatic heterocycles. The van der Waals surface area contributed by atoms with Crippen LogP contribution in [-0.2, 0) is 9.53 Å². The van der Waals surface area contributed by atoms with Crippen LogP contribution < -0.4 is 5.32 Å². The van der Waals surface area contributed by atoms with Crippen LogP contribution in [0.3, 0.4) is 0 Å². The minimum Gasteiger partial charge on any atom is -0.452 e. The first kappa shape index (κ1) is 11.2. The smallest absolute Gasteiger partial charge is 0.418 e. The number of nitrogens with zero attached hydrogens (tertiary/aromatic N) is 1. The highest BCUT2D eigenvalue weighted by atomic mass is 16.5. The predicted octanol–water partition coefficient (Wildman–Crippen LogP) is 2.21. The monoisotopic (exact) mass is 232 g/mol. The van der Waals surface area contributed by atoms with Gasteiger partial charge in [-0.25, -0.2) is 4.79 Å². The van der Waals surface area contributed by atoms with Crippen LogP contribution in [-0.4, -0.2) is 23.7 Å². The highest BCUT2D eigenvalue weighted by Gasteiger charge is 2.08. The second-order valence-electron chi connectivity index (χ2n) is 3.61. The molecule has 0 aliphatic rings. The molecule has 0 fully saturated rings. The van der Waals surface area contributed by atoms with E-state index in [1.165, 1.54) is 18.6 Å². The summed E-state index contributed by atoms with van der Waals surface area (Å²) in [4.78, 5) is 22.3. The molecule has 0 saturated carbocycles. The lowest BCUT2D eigenvalue weighted by Gasteiger charge is -2.04. The number of fused-ring (bicyclic) bond motifs is 1. The average Bonchev–Trinajstić information content (AvgIpc) is 2.70. The molecular formula is C12H12N2O3. The Bertz CT molecular complexity index is 586. The number of benzene rings is 1. The molecule has 0 saturated heterocycles. The molecule has 0 aliphatic carbocycles. The highest BCUT2D eigenvalue weighted by molar-refractivity contribution is 5.95. The molecule has 2 aromatic rings. The van der Waals surface area contributed by atoms with Gasteiger partial charge >= 0.3 is 6.09 Å². The molecule has 1 heterocycles. The number of nitrogens with one attached hydrogen (secondary N) is 1. The van der Waals surface area contributed by atoms with Crippen LogP contribution in [0.4, 0.5) is 10.5 Å².